The Labute approximate surface area is 108 Å². The van der Waals surface area contributed by atoms with E-state index in [1.165, 1.54) is 11.3 Å². The Balaban J connectivity index is 1.57. The number of amides is 1. The van der Waals surface area contributed by atoms with Crippen LogP contribution in [0.25, 0.3) is 0 Å². The number of aromatic nitrogens is 3. The van der Waals surface area contributed by atoms with Crippen molar-refractivity contribution < 1.29 is 4.79 Å². The van der Waals surface area contributed by atoms with Crippen molar-refractivity contribution >= 4 is 17.2 Å². The van der Waals surface area contributed by atoms with Gasteiger partial charge in [0, 0.05) is 24.0 Å². The molecular weight excluding hydrogens is 250 g/mol. The van der Waals surface area contributed by atoms with Gasteiger partial charge in [-0.15, -0.1) is 11.3 Å². The number of rotatable bonds is 3. The monoisotopic (exact) mass is 263 g/mol. The van der Waals surface area contributed by atoms with Crippen molar-refractivity contribution in [2.75, 3.05) is 0 Å². The van der Waals surface area contributed by atoms with E-state index in [0.29, 0.717) is 19.5 Å². The van der Waals surface area contributed by atoms with Gasteiger partial charge in [0.25, 0.3) is 0 Å². The topological polar surface area (TPSA) is 82.7 Å². The summed E-state index contributed by atoms with van der Waals surface area (Å²) in [4.78, 5) is 24.3. The van der Waals surface area contributed by atoms with E-state index >= 15 is 0 Å². The van der Waals surface area contributed by atoms with Gasteiger partial charge in [0.05, 0.1) is 35.8 Å². The number of nitrogens with one attached hydrogen (secondary N) is 3. The SMILES string of the molecule is O=C(NCc1cncs1)C1Cc2nc[nH]c2CN1. The van der Waals surface area contributed by atoms with Crippen molar-refractivity contribution in [3.63, 3.8) is 0 Å². The predicted octanol–water partition coefficient (Wildman–Crippen LogP) is 0.197. The summed E-state index contributed by atoms with van der Waals surface area (Å²) in [7, 11) is 0. The largest absolute Gasteiger partial charge is 0.350 e. The van der Waals surface area contributed by atoms with Crippen molar-refractivity contribution in [1.82, 2.24) is 25.6 Å². The first kappa shape index (κ1) is 11.4. The van der Waals surface area contributed by atoms with E-state index in [0.717, 1.165) is 16.3 Å². The van der Waals surface area contributed by atoms with Gasteiger partial charge in [-0.25, -0.2) is 4.98 Å². The molecule has 1 aliphatic heterocycles. The number of thiazole rings is 1. The minimum atomic E-state index is -0.200. The Morgan fingerprint density at radius 2 is 2.56 bits per heavy atom. The van der Waals surface area contributed by atoms with Crippen LogP contribution >= 0.6 is 11.3 Å². The number of nitrogens with zero attached hydrogens (tertiary/aromatic N) is 2. The summed E-state index contributed by atoms with van der Waals surface area (Å²) in [5, 5.41) is 6.10. The minimum absolute atomic E-state index is 0.0112. The Hall–Kier alpha value is -1.73. The highest BCUT2D eigenvalue weighted by molar-refractivity contribution is 7.09. The Morgan fingerprint density at radius 1 is 1.61 bits per heavy atom. The van der Waals surface area contributed by atoms with Crippen LogP contribution in [-0.4, -0.2) is 26.9 Å². The number of imidazole rings is 1. The Kier molecular flexibility index (Phi) is 3.07. The second kappa shape index (κ2) is 4.87. The molecule has 6 nitrogen and oxygen atoms in total. The number of carbonyl (C=O) groups is 1. The molecule has 2 aromatic heterocycles. The van der Waals surface area contributed by atoms with Gasteiger partial charge in [-0.1, -0.05) is 0 Å². The van der Waals surface area contributed by atoms with Crippen LogP contribution in [0.3, 0.4) is 0 Å². The minimum Gasteiger partial charge on any atom is -0.350 e. The molecule has 94 valence electrons. The normalized spacial score (nSPS) is 18.3. The molecule has 3 heterocycles. The number of carbonyl (C=O) groups excluding carboxylic acids is 1. The summed E-state index contributed by atoms with van der Waals surface area (Å²) in [6, 6.07) is -0.200. The van der Waals surface area contributed by atoms with Gasteiger partial charge in [-0.2, -0.15) is 0 Å². The van der Waals surface area contributed by atoms with E-state index in [-0.39, 0.29) is 11.9 Å². The second-order valence-electron chi connectivity index (χ2n) is 4.15. The molecule has 0 spiro atoms. The zero-order chi connectivity index (χ0) is 12.4. The van der Waals surface area contributed by atoms with Gasteiger partial charge in [-0.3, -0.25) is 15.1 Å². The van der Waals surface area contributed by atoms with Crippen LogP contribution < -0.4 is 10.6 Å². The van der Waals surface area contributed by atoms with Crippen LogP contribution in [-0.2, 0) is 24.3 Å². The molecule has 0 radical (unpaired) electrons. The maximum Gasteiger partial charge on any atom is 0.237 e. The third-order valence-electron chi connectivity index (χ3n) is 2.97. The summed E-state index contributed by atoms with van der Waals surface area (Å²) in [5.41, 5.74) is 3.81. The van der Waals surface area contributed by atoms with Crippen LogP contribution in [0.4, 0.5) is 0 Å². The summed E-state index contributed by atoms with van der Waals surface area (Å²) >= 11 is 1.54. The first-order chi connectivity index (χ1) is 8.83. The molecular formula is C11H13N5OS. The molecule has 0 aliphatic carbocycles. The van der Waals surface area contributed by atoms with Gasteiger partial charge in [0.2, 0.25) is 5.91 Å². The van der Waals surface area contributed by atoms with Gasteiger partial charge < -0.3 is 10.3 Å². The van der Waals surface area contributed by atoms with Crippen LogP contribution in [0.2, 0.25) is 0 Å². The standard InChI is InChI=1S/C11H13N5OS/c17-11(14-3-7-2-12-6-18-7)9-1-8-10(4-13-9)16-5-15-8/h2,5-6,9,13H,1,3-4H2,(H,14,17)(H,15,16). The van der Waals surface area contributed by atoms with Crippen molar-refractivity contribution in [3.05, 3.63) is 34.3 Å². The summed E-state index contributed by atoms with van der Waals surface area (Å²) in [5.74, 6) is 0.0112. The molecule has 0 bridgehead atoms. The fraction of sp³-hybridized carbons (Fsp3) is 0.364. The quantitative estimate of drug-likeness (QED) is 0.738. The van der Waals surface area contributed by atoms with Crippen LogP contribution in [0.1, 0.15) is 16.3 Å². The first-order valence-electron chi connectivity index (χ1n) is 5.72. The maximum absolute atomic E-state index is 12.0. The molecule has 0 saturated carbocycles. The van der Waals surface area contributed by atoms with E-state index in [9.17, 15) is 4.79 Å². The summed E-state index contributed by atoms with van der Waals surface area (Å²) in [6.07, 6.45) is 4.07. The molecule has 2 aromatic rings. The van der Waals surface area contributed by atoms with Crippen LogP contribution in [0.15, 0.2) is 18.0 Å². The average molecular weight is 263 g/mol. The van der Waals surface area contributed by atoms with E-state index in [4.69, 9.17) is 0 Å². The fourth-order valence-corrected chi connectivity index (χ4v) is 2.52. The van der Waals surface area contributed by atoms with Gasteiger partial charge in [0.1, 0.15) is 0 Å². The highest BCUT2D eigenvalue weighted by atomic mass is 32.1. The number of hydrogen-bond donors (Lipinski definition) is 3. The van der Waals surface area contributed by atoms with Gasteiger partial charge >= 0.3 is 0 Å². The lowest BCUT2D eigenvalue weighted by Crippen LogP contribution is -2.47. The molecule has 7 heteroatoms. The highest BCUT2D eigenvalue weighted by Gasteiger charge is 2.25. The third kappa shape index (κ3) is 2.27. The van der Waals surface area contributed by atoms with Crippen molar-refractivity contribution in [2.45, 2.75) is 25.6 Å². The van der Waals surface area contributed by atoms with E-state index in [1.54, 1.807) is 18.0 Å². The second-order valence-corrected chi connectivity index (χ2v) is 5.12. The molecule has 1 atom stereocenters. The Bertz CT molecular complexity index is 535. The fourth-order valence-electron chi connectivity index (χ4n) is 1.98. The third-order valence-corrected chi connectivity index (χ3v) is 3.75. The predicted molar refractivity (Wildman–Crippen MR) is 66.9 cm³/mol. The molecule has 1 amide bonds. The highest BCUT2D eigenvalue weighted by Crippen LogP contribution is 2.12. The summed E-state index contributed by atoms with van der Waals surface area (Å²) < 4.78 is 0. The van der Waals surface area contributed by atoms with Gasteiger partial charge in [0.15, 0.2) is 0 Å². The number of H-pyrrole nitrogens is 1. The lowest BCUT2D eigenvalue weighted by atomic mass is 10.0. The maximum atomic E-state index is 12.0. The zero-order valence-electron chi connectivity index (χ0n) is 9.64. The van der Waals surface area contributed by atoms with Crippen molar-refractivity contribution in [1.29, 1.82) is 0 Å². The van der Waals surface area contributed by atoms with Crippen LogP contribution in [0, 0.1) is 0 Å². The van der Waals surface area contributed by atoms with Crippen molar-refractivity contribution in [2.24, 2.45) is 0 Å². The van der Waals surface area contributed by atoms with E-state index < -0.39 is 0 Å². The van der Waals surface area contributed by atoms with Crippen LogP contribution in [0.5, 0.6) is 0 Å². The lowest BCUT2D eigenvalue weighted by molar-refractivity contribution is -0.123. The number of hydrogen-bond acceptors (Lipinski definition) is 5. The van der Waals surface area contributed by atoms with E-state index in [1.807, 2.05) is 0 Å². The molecule has 0 aromatic carbocycles. The van der Waals surface area contributed by atoms with Crippen molar-refractivity contribution in [3.8, 4) is 0 Å². The molecule has 3 rings (SSSR count). The molecule has 0 saturated heterocycles. The zero-order valence-corrected chi connectivity index (χ0v) is 10.5. The lowest BCUT2D eigenvalue weighted by Gasteiger charge is -2.22. The summed E-state index contributed by atoms with van der Waals surface area (Å²) in [6.45, 7) is 1.20. The molecule has 18 heavy (non-hydrogen) atoms. The smallest absolute Gasteiger partial charge is 0.237 e. The first-order valence-corrected chi connectivity index (χ1v) is 6.60. The molecule has 1 aliphatic rings. The Morgan fingerprint density at radius 3 is 3.39 bits per heavy atom. The average Bonchev–Trinajstić information content (AvgIpc) is 3.05. The van der Waals surface area contributed by atoms with Gasteiger partial charge in [-0.05, 0) is 0 Å². The van der Waals surface area contributed by atoms with E-state index in [2.05, 4.69) is 25.6 Å². The number of aromatic amines is 1. The number of fused-ring (bicyclic) bond motifs is 1. The molecule has 1 unspecified atom stereocenters. The molecule has 3 N–H and O–H groups in total. The molecule has 0 fully saturated rings.